The Labute approximate surface area is 122 Å². The largest absolute Gasteiger partial charge is 0.336 e. The number of likely N-dealkylation sites (tertiary alicyclic amines) is 1. The van der Waals surface area contributed by atoms with E-state index in [4.69, 9.17) is 5.73 Å². The molecular weight excluding hydrogens is 316 g/mol. The molecule has 0 radical (unpaired) electrons. The Bertz CT molecular complexity index is 427. The summed E-state index contributed by atoms with van der Waals surface area (Å²) < 4.78 is 0.855. The number of rotatable bonds is 2. The molecule has 0 saturated carbocycles. The van der Waals surface area contributed by atoms with Gasteiger partial charge in [0, 0.05) is 17.1 Å². The van der Waals surface area contributed by atoms with Crippen LogP contribution in [0.1, 0.15) is 23.7 Å². The van der Waals surface area contributed by atoms with Crippen LogP contribution in [-0.4, -0.2) is 29.9 Å². The lowest BCUT2D eigenvalue weighted by molar-refractivity contribution is 0.0742. The number of benzene rings is 1. The van der Waals surface area contributed by atoms with Gasteiger partial charge in [0.15, 0.2) is 0 Å². The lowest BCUT2D eigenvalue weighted by atomic mass is 10.1. The molecule has 5 heteroatoms. The first kappa shape index (κ1) is 15.5. The number of nitrogens with zero attached hydrogens (tertiary/aromatic N) is 1. The van der Waals surface area contributed by atoms with E-state index in [0.717, 1.165) is 23.0 Å². The zero-order chi connectivity index (χ0) is 12.4. The van der Waals surface area contributed by atoms with Crippen molar-refractivity contribution in [1.82, 2.24) is 4.90 Å². The molecule has 1 fully saturated rings. The van der Waals surface area contributed by atoms with Gasteiger partial charge < -0.3 is 10.6 Å². The van der Waals surface area contributed by atoms with E-state index in [2.05, 4.69) is 22.9 Å². The summed E-state index contributed by atoms with van der Waals surface area (Å²) in [5.41, 5.74) is 6.41. The summed E-state index contributed by atoms with van der Waals surface area (Å²) >= 11 is 3.42. The molecule has 0 bridgehead atoms. The molecule has 100 valence electrons. The molecule has 2 atom stereocenters. The number of amides is 1. The molecule has 2 N–H and O–H groups in total. The van der Waals surface area contributed by atoms with Crippen molar-refractivity contribution in [3.8, 4) is 0 Å². The SMILES string of the molecule is CC1CC(CN)CN1C(=O)c1ccccc1Br.Cl. The summed E-state index contributed by atoms with van der Waals surface area (Å²) in [7, 11) is 0. The van der Waals surface area contributed by atoms with Gasteiger partial charge in [-0.15, -0.1) is 12.4 Å². The average Bonchev–Trinajstić information content (AvgIpc) is 2.70. The summed E-state index contributed by atoms with van der Waals surface area (Å²) in [4.78, 5) is 14.3. The number of hydrogen-bond donors (Lipinski definition) is 1. The lowest BCUT2D eigenvalue weighted by Crippen LogP contribution is -2.34. The van der Waals surface area contributed by atoms with Gasteiger partial charge in [-0.25, -0.2) is 0 Å². The van der Waals surface area contributed by atoms with Gasteiger partial charge in [0.25, 0.3) is 5.91 Å². The molecule has 3 nitrogen and oxygen atoms in total. The summed E-state index contributed by atoms with van der Waals surface area (Å²) in [6.07, 6.45) is 1.01. The van der Waals surface area contributed by atoms with E-state index < -0.39 is 0 Å². The maximum Gasteiger partial charge on any atom is 0.255 e. The molecule has 0 spiro atoms. The second kappa shape index (κ2) is 6.55. The van der Waals surface area contributed by atoms with Crippen LogP contribution in [0.2, 0.25) is 0 Å². The lowest BCUT2D eigenvalue weighted by Gasteiger charge is -2.22. The third-order valence-corrected chi connectivity index (χ3v) is 4.05. The van der Waals surface area contributed by atoms with Crippen LogP contribution in [-0.2, 0) is 0 Å². The highest BCUT2D eigenvalue weighted by Crippen LogP contribution is 2.26. The number of hydrogen-bond acceptors (Lipinski definition) is 2. The van der Waals surface area contributed by atoms with E-state index in [1.54, 1.807) is 0 Å². The normalized spacial score (nSPS) is 22.7. The third kappa shape index (κ3) is 3.05. The molecule has 1 heterocycles. The minimum Gasteiger partial charge on any atom is -0.336 e. The van der Waals surface area contributed by atoms with Crippen LogP contribution in [0.4, 0.5) is 0 Å². The zero-order valence-corrected chi connectivity index (χ0v) is 12.7. The monoisotopic (exact) mass is 332 g/mol. The van der Waals surface area contributed by atoms with Crippen molar-refractivity contribution in [2.75, 3.05) is 13.1 Å². The molecule has 1 aliphatic heterocycles. The predicted molar refractivity (Wildman–Crippen MR) is 79.0 cm³/mol. The van der Waals surface area contributed by atoms with Crippen molar-refractivity contribution in [3.63, 3.8) is 0 Å². The Hall–Kier alpha value is -0.580. The Morgan fingerprint density at radius 1 is 1.50 bits per heavy atom. The maximum atomic E-state index is 12.4. The fourth-order valence-corrected chi connectivity index (χ4v) is 2.84. The highest BCUT2D eigenvalue weighted by molar-refractivity contribution is 9.10. The van der Waals surface area contributed by atoms with Gasteiger partial charge in [-0.05, 0) is 53.9 Å². The number of carbonyl (C=O) groups is 1. The van der Waals surface area contributed by atoms with Gasteiger partial charge in [-0.1, -0.05) is 12.1 Å². The molecule has 1 aromatic rings. The number of halogens is 2. The first-order valence-electron chi connectivity index (χ1n) is 5.89. The van der Waals surface area contributed by atoms with Gasteiger partial charge in [0.05, 0.1) is 5.56 Å². The van der Waals surface area contributed by atoms with Crippen LogP contribution < -0.4 is 5.73 Å². The fourth-order valence-electron chi connectivity index (χ4n) is 2.39. The summed E-state index contributed by atoms with van der Waals surface area (Å²) in [5.74, 6) is 0.539. The summed E-state index contributed by atoms with van der Waals surface area (Å²) in [6, 6.07) is 7.84. The first-order valence-corrected chi connectivity index (χ1v) is 6.68. The second-order valence-corrected chi connectivity index (χ2v) is 5.48. The summed E-state index contributed by atoms with van der Waals surface area (Å²) in [6.45, 7) is 3.52. The van der Waals surface area contributed by atoms with Crippen molar-refractivity contribution >= 4 is 34.2 Å². The Kier molecular flexibility index (Phi) is 5.63. The summed E-state index contributed by atoms with van der Waals surface area (Å²) in [5, 5.41) is 0. The van der Waals surface area contributed by atoms with Crippen molar-refractivity contribution < 1.29 is 4.79 Å². The quantitative estimate of drug-likeness (QED) is 0.904. The molecule has 0 aromatic heterocycles. The minimum absolute atomic E-state index is 0. The minimum atomic E-state index is 0. The molecule has 1 saturated heterocycles. The Balaban J connectivity index is 0.00000162. The van der Waals surface area contributed by atoms with Gasteiger partial charge in [0.1, 0.15) is 0 Å². The molecule has 1 amide bonds. The van der Waals surface area contributed by atoms with Crippen LogP contribution in [0.3, 0.4) is 0 Å². The zero-order valence-electron chi connectivity index (χ0n) is 10.3. The smallest absolute Gasteiger partial charge is 0.255 e. The van der Waals surface area contributed by atoms with E-state index in [1.807, 2.05) is 29.2 Å². The van der Waals surface area contributed by atoms with Gasteiger partial charge >= 0.3 is 0 Å². The molecular formula is C13H18BrClN2O. The van der Waals surface area contributed by atoms with Crippen molar-refractivity contribution in [2.45, 2.75) is 19.4 Å². The van der Waals surface area contributed by atoms with Crippen LogP contribution in [0.15, 0.2) is 28.7 Å². The highest BCUT2D eigenvalue weighted by atomic mass is 79.9. The van der Waals surface area contributed by atoms with Crippen LogP contribution in [0.5, 0.6) is 0 Å². The second-order valence-electron chi connectivity index (χ2n) is 4.62. The number of carbonyl (C=O) groups excluding carboxylic acids is 1. The van der Waals surface area contributed by atoms with Gasteiger partial charge in [-0.3, -0.25) is 4.79 Å². The molecule has 0 aliphatic carbocycles. The highest BCUT2D eigenvalue weighted by Gasteiger charge is 2.32. The number of nitrogens with two attached hydrogens (primary N) is 1. The fraction of sp³-hybridized carbons (Fsp3) is 0.462. The molecule has 2 unspecified atom stereocenters. The van der Waals surface area contributed by atoms with E-state index in [1.165, 1.54) is 0 Å². The van der Waals surface area contributed by atoms with Gasteiger partial charge in [0.2, 0.25) is 0 Å². The molecule has 1 aromatic carbocycles. The topological polar surface area (TPSA) is 46.3 Å². The Morgan fingerprint density at radius 3 is 2.72 bits per heavy atom. The van der Waals surface area contributed by atoms with Crippen molar-refractivity contribution in [3.05, 3.63) is 34.3 Å². The van der Waals surface area contributed by atoms with Crippen LogP contribution in [0, 0.1) is 5.92 Å². The molecule has 2 rings (SSSR count). The first-order chi connectivity index (χ1) is 8.13. The van der Waals surface area contributed by atoms with Crippen LogP contribution in [0.25, 0.3) is 0 Å². The van der Waals surface area contributed by atoms with E-state index in [0.29, 0.717) is 12.5 Å². The molecule has 18 heavy (non-hydrogen) atoms. The molecule has 1 aliphatic rings. The van der Waals surface area contributed by atoms with E-state index in [-0.39, 0.29) is 24.4 Å². The maximum absolute atomic E-state index is 12.4. The van der Waals surface area contributed by atoms with E-state index >= 15 is 0 Å². The standard InChI is InChI=1S/C13H17BrN2O.ClH/c1-9-6-10(7-15)8-16(9)13(17)11-4-2-3-5-12(11)14;/h2-5,9-10H,6-8,15H2,1H3;1H. The van der Waals surface area contributed by atoms with Crippen molar-refractivity contribution in [1.29, 1.82) is 0 Å². The van der Waals surface area contributed by atoms with Crippen LogP contribution >= 0.6 is 28.3 Å². The Morgan fingerprint density at radius 2 is 2.17 bits per heavy atom. The van der Waals surface area contributed by atoms with Gasteiger partial charge in [-0.2, -0.15) is 0 Å². The predicted octanol–water partition coefficient (Wildman–Crippen LogP) is 2.68. The van der Waals surface area contributed by atoms with E-state index in [9.17, 15) is 4.79 Å². The third-order valence-electron chi connectivity index (χ3n) is 3.36. The van der Waals surface area contributed by atoms with Crippen molar-refractivity contribution in [2.24, 2.45) is 11.7 Å². The average molecular weight is 334 g/mol.